The molecule has 0 aliphatic carbocycles. The number of benzene rings is 2. The average molecular weight is 456 g/mol. The van der Waals surface area contributed by atoms with E-state index in [4.69, 9.17) is 21.1 Å². The number of hydrogen-bond acceptors (Lipinski definition) is 5. The molecule has 3 aliphatic rings. The van der Waals surface area contributed by atoms with Gasteiger partial charge in [-0.05, 0) is 62.6 Å². The number of anilines is 2. The van der Waals surface area contributed by atoms with E-state index < -0.39 is 11.5 Å². The summed E-state index contributed by atoms with van der Waals surface area (Å²) >= 11 is 6.42. The number of rotatable bonds is 4. The average Bonchev–Trinajstić information content (AvgIpc) is 3.43. The maximum atomic E-state index is 13.8. The molecular formula is C24H26ClN3O4. The van der Waals surface area contributed by atoms with Crippen molar-refractivity contribution in [1.82, 2.24) is 4.90 Å². The first-order valence-corrected chi connectivity index (χ1v) is 11.2. The minimum Gasteiger partial charge on any atom is -0.497 e. The second kappa shape index (κ2) is 7.67. The largest absolute Gasteiger partial charge is 0.497 e. The molecule has 2 N–H and O–H groups in total. The van der Waals surface area contributed by atoms with Crippen LogP contribution in [0.1, 0.15) is 30.4 Å². The van der Waals surface area contributed by atoms with Crippen molar-refractivity contribution in [3.63, 3.8) is 0 Å². The smallest absolute Gasteiger partial charge is 0.250 e. The van der Waals surface area contributed by atoms with Gasteiger partial charge in [0, 0.05) is 28.4 Å². The summed E-state index contributed by atoms with van der Waals surface area (Å²) in [5.41, 5.74) is 1.91. The van der Waals surface area contributed by atoms with Crippen molar-refractivity contribution in [3.05, 3.63) is 46.5 Å². The SMILES string of the molecule is COc1ccc(OC)c(NC(=O)[C@H]2C[C@H]3CCCN3[C@@]23C(=O)Nc2c(C)cc(Cl)cc23)c1. The number of fused-ring (bicyclic) bond motifs is 4. The van der Waals surface area contributed by atoms with Crippen molar-refractivity contribution in [2.75, 3.05) is 31.4 Å². The van der Waals surface area contributed by atoms with Gasteiger partial charge in [-0.25, -0.2) is 0 Å². The van der Waals surface area contributed by atoms with Crippen LogP contribution in [-0.4, -0.2) is 43.5 Å². The third-order valence-electron chi connectivity index (χ3n) is 7.12. The highest BCUT2D eigenvalue weighted by molar-refractivity contribution is 6.31. The van der Waals surface area contributed by atoms with E-state index in [1.165, 1.54) is 0 Å². The van der Waals surface area contributed by atoms with Crippen LogP contribution in [0.3, 0.4) is 0 Å². The maximum absolute atomic E-state index is 13.8. The Morgan fingerprint density at radius 2 is 2.06 bits per heavy atom. The minimum absolute atomic E-state index is 0.153. The van der Waals surface area contributed by atoms with Crippen molar-refractivity contribution in [2.45, 2.75) is 37.8 Å². The lowest BCUT2D eigenvalue weighted by Gasteiger charge is -2.36. The molecule has 168 valence electrons. The summed E-state index contributed by atoms with van der Waals surface area (Å²) in [5.74, 6) is 0.200. The van der Waals surface area contributed by atoms with Crippen molar-refractivity contribution < 1.29 is 19.1 Å². The molecule has 0 radical (unpaired) electrons. The summed E-state index contributed by atoms with van der Waals surface area (Å²) in [5, 5.41) is 6.64. The molecule has 0 saturated carbocycles. The van der Waals surface area contributed by atoms with E-state index in [1.807, 2.05) is 19.1 Å². The normalized spacial score (nSPS) is 26.1. The predicted molar refractivity (Wildman–Crippen MR) is 123 cm³/mol. The number of amides is 2. The highest BCUT2D eigenvalue weighted by Crippen LogP contribution is 2.56. The molecule has 8 heteroatoms. The number of ether oxygens (including phenoxy) is 2. The van der Waals surface area contributed by atoms with Gasteiger partial charge < -0.3 is 20.1 Å². The van der Waals surface area contributed by atoms with Crippen LogP contribution in [0.2, 0.25) is 5.02 Å². The first-order valence-electron chi connectivity index (χ1n) is 10.8. The molecule has 0 unspecified atom stereocenters. The molecule has 0 aromatic heterocycles. The lowest BCUT2D eigenvalue weighted by atomic mass is 9.78. The van der Waals surface area contributed by atoms with E-state index in [2.05, 4.69) is 15.5 Å². The van der Waals surface area contributed by atoms with Crippen LogP contribution in [0.4, 0.5) is 11.4 Å². The van der Waals surface area contributed by atoms with Gasteiger partial charge in [0.2, 0.25) is 11.8 Å². The van der Waals surface area contributed by atoms with Gasteiger partial charge in [-0.2, -0.15) is 0 Å². The van der Waals surface area contributed by atoms with Crippen LogP contribution in [0.25, 0.3) is 0 Å². The summed E-state index contributed by atoms with van der Waals surface area (Å²) in [6.07, 6.45) is 2.58. The minimum atomic E-state index is -1.07. The van der Waals surface area contributed by atoms with Gasteiger partial charge in [0.15, 0.2) is 0 Å². The molecule has 2 saturated heterocycles. The van der Waals surface area contributed by atoms with E-state index in [0.29, 0.717) is 28.6 Å². The number of nitrogens with zero attached hydrogens (tertiary/aromatic N) is 1. The molecular weight excluding hydrogens is 430 g/mol. The molecule has 3 atom stereocenters. The van der Waals surface area contributed by atoms with Crippen LogP contribution in [-0.2, 0) is 15.1 Å². The van der Waals surface area contributed by atoms with Crippen LogP contribution < -0.4 is 20.1 Å². The van der Waals surface area contributed by atoms with Crippen molar-refractivity contribution in [3.8, 4) is 11.5 Å². The summed E-state index contributed by atoms with van der Waals surface area (Å²) in [4.78, 5) is 29.6. The molecule has 3 aliphatic heterocycles. The first kappa shape index (κ1) is 21.1. The van der Waals surface area contributed by atoms with Crippen LogP contribution >= 0.6 is 11.6 Å². The number of hydrogen-bond donors (Lipinski definition) is 2. The van der Waals surface area contributed by atoms with Crippen molar-refractivity contribution in [1.29, 1.82) is 0 Å². The molecule has 2 fully saturated rings. The molecule has 32 heavy (non-hydrogen) atoms. The second-order valence-corrected chi connectivity index (χ2v) is 9.14. The first-order chi connectivity index (χ1) is 15.4. The number of carbonyl (C=O) groups excluding carboxylic acids is 2. The van der Waals surface area contributed by atoms with E-state index in [1.54, 1.807) is 32.4 Å². The number of nitrogens with one attached hydrogen (secondary N) is 2. The maximum Gasteiger partial charge on any atom is 0.250 e. The Hall–Kier alpha value is -2.77. The topological polar surface area (TPSA) is 79.9 Å². The van der Waals surface area contributed by atoms with Gasteiger partial charge in [0.1, 0.15) is 17.0 Å². The third kappa shape index (κ3) is 2.91. The van der Waals surface area contributed by atoms with Crippen LogP contribution in [0.15, 0.2) is 30.3 Å². The molecule has 1 spiro atoms. The Balaban J connectivity index is 1.60. The molecule has 7 nitrogen and oxygen atoms in total. The summed E-state index contributed by atoms with van der Waals surface area (Å²) in [6, 6.07) is 9.10. The Morgan fingerprint density at radius 1 is 1.25 bits per heavy atom. The molecule has 0 bridgehead atoms. The van der Waals surface area contributed by atoms with E-state index >= 15 is 0 Å². The summed E-state index contributed by atoms with van der Waals surface area (Å²) in [7, 11) is 3.12. The molecule has 5 rings (SSSR count). The van der Waals surface area contributed by atoms with Gasteiger partial charge in [-0.3, -0.25) is 14.5 Å². The fourth-order valence-corrected chi connectivity index (χ4v) is 6.06. The standard InChI is InChI=1S/C24H26ClN3O4/c1-13-9-14(25)10-17-21(13)27-23(30)24(17)18(11-15-5-4-8-28(15)24)22(29)26-19-12-16(31-2)6-7-20(19)32-3/h6-7,9-10,12,15,18H,4-5,8,11H2,1-3H3,(H,26,29)(H,27,30)/t15-,18-,24-/m1/s1. The van der Waals surface area contributed by atoms with Gasteiger partial charge in [0.25, 0.3) is 0 Å². The fraction of sp³-hybridized carbons (Fsp3) is 0.417. The van der Waals surface area contributed by atoms with Crippen molar-refractivity contribution in [2.24, 2.45) is 5.92 Å². The lowest BCUT2D eigenvalue weighted by molar-refractivity contribution is -0.135. The van der Waals surface area contributed by atoms with Gasteiger partial charge in [-0.15, -0.1) is 0 Å². The van der Waals surface area contributed by atoms with Crippen LogP contribution in [0.5, 0.6) is 11.5 Å². The highest BCUT2D eigenvalue weighted by atomic mass is 35.5. The Kier molecular flexibility index (Phi) is 5.06. The number of methoxy groups -OCH3 is 2. The lowest BCUT2D eigenvalue weighted by Crippen LogP contribution is -2.53. The Morgan fingerprint density at radius 3 is 2.81 bits per heavy atom. The summed E-state index contributed by atoms with van der Waals surface area (Å²) in [6.45, 7) is 2.70. The molecule has 3 heterocycles. The van der Waals surface area contributed by atoms with E-state index in [-0.39, 0.29) is 17.9 Å². The molecule has 2 amide bonds. The molecule has 2 aromatic rings. The molecule has 2 aromatic carbocycles. The van der Waals surface area contributed by atoms with Gasteiger partial charge in [0.05, 0.1) is 25.8 Å². The number of carbonyl (C=O) groups is 2. The third-order valence-corrected chi connectivity index (χ3v) is 7.34. The zero-order chi connectivity index (χ0) is 22.6. The number of aryl methyl sites for hydroxylation is 1. The monoisotopic (exact) mass is 455 g/mol. The van der Waals surface area contributed by atoms with E-state index in [0.717, 1.165) is 36.2 Å². The number of halogens is 1. The van der Waals surface area contributed by atoms with E-state index in [9.17, 15) is 9.59 Å². The Bertz CT molecular complexity index is 1120. The van der Waals surface area contributed by atoms with Gasteiger partial charge >= 0.3 is 0 Å². The fourth-order valence-electron chi connectivity index (χ4n) is 5.79. The summed E-state index contributed by atoms with van der Waals surface area (Å²) < 4.78 is 10.7. The highest BCUT2D eigenvalue weighted by Gasteiger charge is 2.65. The quantitative estimate of drug-likeness (QED) is 0.730. The van der Waals surface area contributed by atoms with Crippen LogP contribution in [0, 0.1) is 12.8 Å². The van der Waals surface area contributed by atoms with Gasteiger partial charge in [-0.1, -0.05) is 11.6 Å². The zero-order valence-electron chi connectivity index (χ0n) is 18.3. The van der Waals surface area contributed by atoms with Crippen molar-refractivity contribution >= 4 is 34.8 Å². The second-order valence-electron chi connectivity index (χ2n) is 8.70. The Labute approximate surface area is 192 Å². The predicted octanol–water partition coefficient (Wildman–Crippen LogP) is 3.94. The zero-order valence-corrected chi connectivity index (χ0v) is 19.1.